The second-order valence-corrected chi connectivity index (χ2v) is 6.95. The van der Waals surface area contributed by atoms with Crippen molar-refractivity contribution in [1.29, 1.82) is 0 Å². The third-order valence-corrected chi connectivity index (χ3v) is 4.83. The number of aliphatic imine (C=N–C) groups is 1. The van der Waals surface area contributed by atoms with E-state index >= 15 is 0 Å². The third-order valence-electron chi connectivity index (χ3n) is 4.83. The second kappa shape index (κ2) is 8.20. The topological polar surface area (TPSA) is 90.1 Å². The van der Waals surface area contributed by atoms with Gasteiger partial charge in [-0.05, 0) is 55.8 Å². The highest BCUT2D eigenvalue weighted by molar-refractivity contribution is 6.00. The summed E-state index contributed by atoms with van der Waals surface area (Å²) in [5.41, 5.74) is 4.50. The average molecular weight is 402 g/mol. The first-order valence-corrected chi connectivity index (χ1v) is 9.48. The number of aromatic amines is 1. The average Bonchev–Trinajstić information content (AvgIpc) is 3.37. The lowest BCUT2D eigenvalue weighted by Crippen LogP contribution is -2.19. The van der Waals surface area contributed by atoms with Crippen LogP contribution in [0.4, 0.5) is 5.69 Å². The van der Waals surface area contributed by atoms with Crippen LogP contribution in [-0.4, -0.2) is 37.4 Å². The number of ether oxygens (including phenoxy) is 1. The lowest BCUT2D eigenvalue weighted by atomic mass is 10.1. The zero-order chi connectivity index (χ0) is 21.1. The Bertz CT molecular complexity index is 1220. The molecule has 0 amide bonds. The predicted octanol–water partition coefficient (Wildman–Crippen LogP) is 3.26. The number of aryl methyl sites for hydroxylation is 1. The van der Waals surface area contributed by atoms with Crippen LogP contribution in [0.25, 0.3) is 5.69 Å². The molecule has 0 aliphatic carbocycles. The lowest BCUT2D eigenvalue weighted by Gasteiger charge is -2.03. The number of hydrogen-bond donors (Lipinski definition) is 1. The molecule has 8 heteroatoms. The van der Waals surface area contributed by atoms with Crippen LogP contribution in [-0.2, 0) is 6.54 Å². The molecule has 2 heterocycles. The molecule has 0 unspecified atom stereocenters. The van der Waals surface area contributed by atoms with E-state index in [-0.39, 0.29) is 5.56 Å². The van der Waals surface area contributed by atoms with E-state index in [1.165, 1.54) is 4.68 Å². The van der Waals surface area contributed by atoms with E-state index in [9.17, 15) is 4.79 Å². The maximum atomic E-state index is 13.0. The molecule has 4 aromatic rings. The van der Waals surface area contributed by atoms with Crippen LogP contribution in [0.5, 0.6) is 5.75 Å². The summed E-state index contributed by atoms with van der Waals surface area (Å²) >= 11 is 0. The first-order valence-electron chi connectivity index (χ1n) is 9.48. The van der Waals surface area contributed by atoms with Crippen LogP contribution in [0.3, 0.4) is 0 Å². The number of hydrogen-bond acceptors (Lipinski definition) is 5. The number of nitrogens with zero attached hydrogens (tertiary/aromatic N) is 5. The Kier molecular flexibility index (Phi) is 5.30. The molecule has 0 aliphatic rings. The van der Waals surface area contributed by atoms with E-state index in [1.54, 1.807) is 19.8 Å². The maximum Gasteiger partial charge on any atom is 0.280 e. The molecule has 0 fully saturated rings. The SMILES string of the molecule is COc1ccc(-n2[nH]c(C)c(C(C)=Nc3ccc(Cn4cnnc4)cc3)c2=O)cc1. The molecule has 0 bridgehead atoms. The Morgan fingerprint density at radius 2 is 1.73 bits per heavy atom. The number of methoxy groups -OCH3 is 1. The summed E-state index contributed by atoms with van der Waals surface area (Å²) in [6.45, 7) is 4.42. The number of nitrogens with one attached hydrogen (secondary N) is 1. The summed E-state index contributed by atoms with van der Waals surface area (Å²) in [5.74, 6) is 0.737. The Labute approximate surface area is 173 Å². The fourth-order valence-electron chi connectivity index (χ4n) is 3.33. The summed E-state index contributed by atoms with van der Waals surface area (Å²) in [6, 6.07) is 15.2. The zero-order valence-corrected chi connectivity index (χ0v) is 17.0. The van der Waals surface area contributed by atoms with Crippen LogP contribution < -0.4 is 10.3 Å². The Hall–Kier alpha value is -3.94. The van der Waals surface area contributed by atoms with Crippen molar-refractivity contribution >= 4 is 11.4 Å². The summed E-state index contributed by atoms with van der Waals surface area (Å²) in [7, 11) is 1.61. The second-order valence-electron chi connectivity index (χ2n) is 6.95. The van der Waals surface area contributed by atoms with Gasteiger partial charge in [0.15, 0.2) is 0 Å². The molecule has 8 nitrogen and oxygen atoms in total. The van der Waals surface area contributed by atoms with Gasteiger partial charge in [-0.15, -0.1) is 10.2 Å². The summed E-state index contributed by atoms with van der Waals surface area (Å²) < 4.78 is 8.60. The van der Waals surface area contributed by atoms with Crippen molar-refractivity contribution in [2.75, 3.05) is 7.11 Å². The molecular formula is C22H22N6O2. The van der Waals surface area contributed by atoms with Gasteiger partial charge in [-0.2, -0.15) is 0 Å². The van der Waals surface area contributed by atoms with E-state index < -0.39 is 0 Å². The normalized spacial score (nSPS) is 11.6. The Balaban J connectivity index is 1.59. The highest BCUT2D eigenvalue weighted by Crippen LogP contribution is 2.17. The van der Waals surface area contributed by atoms with Crippen molar-refractivity contribution in [1.82, 2.24) is 24.5 Å². The highest BCUT2D eigenvalue weighted by Gasteiger charge is 2.15. The molecule has 4 rings (SSSR count). The Morgan fingerprint density at radius 1 is 1.07 bits per heavy atom. The summed E-state index contributed by atoms with van der Waals surface area (Å²) in [6.07, 6.45) is 3.36. The van der Waals surface area contributed by atoms with Crippen molar-refractivity contribution in [3.63, 3.8) is 0 Å². The van der Waals surface area contributed by atoms with E-state index in [0.717, 1.165) is 28.4 Å². The molecule has 1 N–H and O–H groups in total. The predicted molar refractivity (Wildman–Crippen MR) is 115 cm³/mol. The lowest BCUT2D eigenvalue weighted by molar-refractivity contribution is 0.414. The number of aromatic nitrogens is 5. The van der Waals surface area contributed by atoms with Crippen LogP contribution in [0.1, 0.15) is 23.7 Å². The third kappa shape index (κ3) is 3.93. The van der Waals surface area contributed by atoms with Crippen LogP contribution >= 0.6 is 0 Å². The fourth-order valence-corrected chi connectivity index (χ4v) is 3.33. The highest BCUT2D eigenvalue weighted by atomic mass is 16.5. The number of rotatable bonds is 6. The van der Waals surface area contributed by atoms with Gasteiger partial charge in [0, 0.05) is 12.2 Å². The van der Waals surface area contributed by atoms with Gasteiger partial charge in [-0.3, -0.25) is 14.9 Å². The van der Waals surface area contributed by atoms with E-state index in [0.29, 0.717) is 17.8 Å². The molecule has 0 radical (unpaired) electrons. The number of benzene rings is 2. The molecule has 0 aliphatic heterocycles. The maximum absolute atomic E-state index is 13.0. The van der Waals surface area contributed by atoms with Crippen molar-refractivity contribution in [2.24, 2.45) is 4.99 Å². The first-order chi connectivity index (χ1) is 14.5. The summed E-state index contributed by atoms with van der Waals surface area (Å²) in [4.78, 5) is 17.7. The van der Waals surface area contributed by atoms with Gasteiger partial charge in [0.1, 0.15) is 18.4 Å². The quantitative estimate of drug-likeness (QED) is 0.501. The first kappa shape index (κ1) is 19.4. The van der Waals surface area contributed by atoms with E-state index in [1.807, 2.05) is 66.9 Å². The van der Waals surface area contributed by atoms with Crippen molar-refractivity contribution in [2.45, 2.75) is 20.4 Å². The largest absolute Gasteiger partial charge is 0.497 e. The molecule has 0 spiro atoms. The van der Waals surface area contributed by atoms with Crippen LogP contribution in [0, 0.1) is 6.92 Å². The fraction of sp³-hybridized carbons (Fsp3) is 0.182. The molecule has 2 aromatic heterocycles. The zero-order valence-electron chi connectivity index (χ0n) is 17.0. The molecule has 152 valence electrons. The molecule has 2 aromatic carbocycles. The monoisotopic (exact) mass is 402 g/mol. The van der Waals surface area contributed by atoms with Gasteiger partial charge in [0.2, 0.25) is 0 Å². The van der Waals surface area contributed by atoms with Crippen LogP contribution in [0.15, 0.2) is 71.0 Å². The van der Waals surface area contributed by atoms with Crippen LogP contribution in [0.2, 0.25) is 0 Å². The molecule has 0 atom stereocenters. The molecule has 0 saturated carbocycles. The minimum Gasteiger partial charge on any atom is -0.497 e. The molecular weight excluding hydrogens is 380 g/mol. The number of H-pyrrole nitrogens is 1. The summed E-state index contributed by atoms with van der Waals surface area (Å²) in [5, 5.41) is 10.8. The van der Waals surface area contributed by atoms with E-state index in [4.69, 9.17) is 4.74 Å². The van der Waals surface area contributed by atoms with Crippen molar-refractivity contribution in [3.05, 3.63) is 88.4 Å². The Morgan fingerprint density at radius 3 is 2.37 bits per heavy atom. The smallest absolute Gasteiger partial charge is 0.280 e. The van der Waals surface area contributed by atoms with Gasteiger partial charge < -0.3 is 9.30 Å². The standard InChI is InChI=1S/C22H22N6O2/c1-15(25-18-6-4-17(5-7-18)12-27-13-23-24-14-27)21-16(2)26-28(22(21)29)19-8-10-20(30-3)11-9-19/h4-11,13-14,26H,12H2,1-3H3. The van der Waals surface area contributed by atoms with Gasteiger partial charge in [0.25, 0.3) is 5.56 Å². The van der Waals surface area contributed by atoms with Crippen molar-refractivity contribution in [3.8, 4) is 11.4 Å². The van der Waals surface area contributed by atoms with Gasteiger partial charge in [0.05, 0.1) is 29.8 Å². The minimum atomic E-state index is -0.136. The molecule has 0 saturated heterocycles. The van der Waals surface area contributed by atoms with Gasteiger partial charge in [-0.1, -0.05) is 12.1 Å². The minimum absolute atomic E-state index is 0.136. The van der Waals surface area contributed by atoms with Gasteiger partial charge in [-0.25, -0.2) is 4.68 Å². The molecule has 30 heavy (non-hydrogen) atoms. The van der Waals surface area contributed by atoms with Gasteiger partial charge >= 0.3 is 0 Å². The van der Waals surface area contributed by atoms with E-state index in [2.05, 4.69) is 20.3 Å². The van der Waals surface area contributed by atoms with Crippen molar-refractivity contribution < 1.29 is 4.74 Å².